The maximum Gasteiger partial charge on any atom is 0.344 e. The van der Waals surface area contributed by atoms with E-state index in [9.17, 15) is 9.59 Å². The van der Waals surface area contributed by atoms with Gasteiger partial charge in [-0.3, -0.25) is 4.79 Å². The Bertz CT molecular complexity index is 827. The average Bonchev–Trinajstić information content (AvgIpc) is 2.84. The van der Waals surface area contributed by atoms with Crippen molar-refractivity contribution < 1.29 is 19.1 Å². The molecule has 2 heterocycles. The lowest BCUT2D eigenvalue weighted by atomic mass is 10.2. The second kappa shape index (κ2) is 8.90. The van der Waals surface area contributed by atoms with Gasteiger partial charge in [0, 0.05) is 22.9 Å². The molecule has 142 valence electrons. The summed E-state index contributed by atoms with van der Waals surface area (Å²) in [5.41, 5.74) is 1.08. The van der Waals surface area contributed by atoms with Gasteiger partial charge in [-0.2, -0.15) is 0 Å². The van der Waals surface area contributed by atoms with E-state index in [1.807, 2.05) is 31.2 Å². The Morgan fingerprint density at radius 2 is 2.07 bits per heavy atom. The molecular weight excluding hydrogens is 364 g/mol. The number of pyridine rings is 1. The highest BCUT2D eigenvalue weighted by atomic mass is 32.2. The minimum atomic E-state index is -0.620. The Morgan fingerprint density at radius 3 is 2.89 bits per heavy atom. The van der Waals surface area contributed by atoms with Gasteiger partial charge in [0.25, 0.3) is 5.91 Å². The molecule has 0 bridgehead atoms. The predicted octanol–water partition coefficient (Wildman–Crippen LogP) is 3.55. The van der Waals surface area contributed by atoms with E-state index in [2.05, 4.69) is 11.9 Å². The number of amides is 1. The molecule has 0 saturated heterocycles. The predicted molar refractivity (Wildman–Crippen MR) is 104 cm³/mol. The quantitative estimate of drug-likeness (QED) is 0.732. The summed E-state index contributed by atoms with van der Waals surface area (Å²) < 4.78 is 10.6. The van der Waals surface area contributed by atoms with Crippen molar-refractivity contribution in [2.45, 2.75) is 30.4 Å². The Balaban J connectivity index is 1.70. The Hall–Kier alpha value is -2.54. The first-order valence-corrected chi connectivity index (χ1v) is 9.79. The molecule has 0 aliphatic carbocycles. The number of carbonyl (C=O) groups is 2. The molecule has 1 atom stereocenters. The van der Waals surface area contributed by atoms with Crippen LogP contribution in [0.25, 0.3) is 0 Å². The van der Waals surface area contributed by atoms with Crippen LogP contribution in [0.5, 0.6) is 5.88 Å². The topological polar surface area (TPSA) is 68.7 Å². The molecule has 1 amide bonds. The summed E-state index contributed by atoms with van der Waals surface area (Å²) in [6.45, 7) is 4.61. The molecule has 1 aliphatic heterocycles. The van der Waals surface area contributed by atoms with E-state index >= 15 is 0 Å². The highest BCUT2D eigenvalue weighted by molar-refractivity contribution is 8.00. The zero-order valence-electron chi connectivity index (χ0n) is 15.4. The minimum absolute atomic E-state index is 0.211. The lowest BCUT2D eigenvalue weighted by molar-refractivity contribution is -0.121. The fraction of sp³-hybridized carbons (Fsp3) is 0.350. The first kappa shape index (κ1) is 19.2. The molecule has 3 rings (SSSR count). The van der Waals surface area contributed by atoms with Crippen LogP contribution in [0.3, 0.4) is 0 Å². The third-order valence-corrected chi connectivity index (χ3v) is 5.38. The molecule has 1 aliphatic rings. The van der Waals surface area contributed by atoms with Gasteiger partial charge in [0.1, 0.15) is 5.56 Å². The maximum absolute atomic E-state index is 12.8. The van der Waals surface area contributed by atoms with Crippen LogP contribution in [0.15, 0.2) is 47.5 Å². The van der Waals surface area contributed by atoms with Crippen molar-refractivity contribution in [1.82, 2.24) is 4.98 Å². The van der Waals surface area contributed by atoms with Crippen LogP contribution in [-0.4, -0.2) is 41.9 Å². The van der Waals surface area contributed by atoms with Gasteiger partial charge in [0.2, 0.25) is 5.88 Å². The third kappa shape index (κ3) is 4.60. The van der Waals surface area contributed by atoms with E-state index in [-0.39, 0.29) is 24.0 Å². The molecule has 0 spiro atoms. The molecule has 0 unspecified atom stereocenters. The van der Waals surface area contributed by atoms with E-state index in [4.69, 9.17) is 9.47 Å². The van der Waals surface area contributed by atoms with Crippen molar-refractivity contribution in [3.05, 3.63) is 48.2 Å². The first-order valence-electron chi connectivity index (χ1n) is 8.91. The van der Waals surface area contributed by atoms with Gasteiger partial charge in [-0.15, -0.1) is 11.8 Å². The van der Waals surface area contributed by atoms with E-state index in [0.717, 1.165) is 17.0 Å². The average molecular weight is 386 g/mol. The highest BCUT2D eigenvalue weighted by Gasteiger charge is 2.25. The molecule has 1 aromatic carbocycles. The highest BCUT2D eigenvalue weighted by Crippen LogP contribution is 2.37. The summed E-state index contributed by atoms with van der Waals surface area (Å²) in [6.07, 6.45) is 2.41. The van der Waals surface area contributed by atoms with Gasteiger partial charge in [-0.05, 0) is 37.6 Å². The van der Waals surface area contributed by atoms with Crippen LogP contribution in [0, 0.1) is 0 Å². The summed E-state index contributed by atoms with van der Waals surface area (Å²) >= 11 is 1.76. The lowest BCUT2D eigenvalue weighted by Gasteiger charge is -2.22. The van der Waals surface area contributed by atoms with E-state index in [1.165, 1.54) is 0 Å². The maximum atomic E-state index is 12.8. The SMILES string of the molecule is CCOc1ncccc1C(=O)OCC(=O)N1CC[C@@H](C)Sc2ccccc21. The zero-order chi connectivity index (χ0) is 19.2. The van der Waals surface area contributed by atoms with Crippen LogP contribution in [0.2, 0.25) is 0 Å². The van der Waals surface area contributed by atoms with Gasteiger partial charge in [-0.1, -0.05) is 19.1 Å². The second-order valence-electron chi connectivity index (χ2n) is 6.10. The minimum Gasteiger partial charge on any atom is -0.477 e. The van der Waals surface area contributed by atoms with Gasteiger partial charge in [-0.25, -0.2) is 9.78 Å². The van der Waals surface area contributed by atoms with Gasteiger partial charge >= 0.3 is 5.97 Å². The largest absolute Gasteiger partial charge is 0.477 e. The van der Waals surface area contributed by atoms with E-state index in [0.29, 0.717) is 18.4 Å². The number of rotatable bonds is 5. The zero-order valence-corrected chi connectivity index (χ0v) is 16.2. The fourth-order valence-electron chi connectivity index (χ4n) is 2.83. The number of carbonyl (C=O) groups excluding carboxylic acids is 2. The molecule has 0 saturated carbocycles. The summed E-state index contributed by atoms with van der Waals surface area (Å²) in [4.78, 5) is 31.9. The van der Waals surface area contributed by atoms with Crippen LogP contribution >= 0.6 is 11.8 Å². The Kier molecular flexibility index (Phi) is 6.34. The van der Waals surface area contributed by atoms with Crippen LogP contribution in [0.4, 0.5) is 5.69 Å². The van der Waals surface area contributed by atoms with Crippen molar-refractivity contribution in [3.8, 4) is 5.88 Å². The third-order valence-electron chi connectivity index (χ3n) is 4.14. The summed E-state index contributed by atoms with van der Waals surface area (Å²) in [7, 11) is 0. The number of para-hydroxylation sites is 1. The molecule has 1 aromatic heterocycles. The molecule has 7 heteroatoms. The smallest absolute Gasteiger partial charge is 0.344 e. The number of nitrogens with zero attached hydrogens (tertiary/aromatic N) is 2. The van der Waals surface area contributed by atoms with Crippen molar-refractivity contribution in [2.75, 3.05) is 24.7 Å². The second-order valence-corrected chi connectivity index (χ2v) is 7.58. The van der Waals surface area contributed by atoms with Crippen molar-refractivity contribution in [2.24, 2.45) is 0 Å². The van der Waals surface area contributed by atoms with Crippen LogP contribution in [0.1, 0.15) is 30.6 Å². The monoisotopic (exact) mass is 386 g/mol. The summed E-state index contributed by atoms with van der Waals surface area (Å²) in [5, 5.41) is 0.413. The van der Waals surface area contributed by atoms with Crippen LogP contribution in [-0.2, 0) is 9.53 Å². The molecule has 2 aromatic rings. The Labute approximate surface area is 162 Å². The standard InChI is InChI=1S/C20H22N2O4S/c1-3-25-19-15(7-6-11-21-19)20(24)26-13-18(23)22-12-10-14(2)27-17-9-5-4-8-16(17)22/h4-9,11,14H,3,10,12-13H2,1-2H3/t14-/m1/s1. The van der Waals surface area contributed by atoms with Gasteiger partial charge < -0.3 is 14.4 Å². The Morgan fingerprint density at radius 1 is 1.26 bits per heavy atom. The van der Waals surface area contributed by atoms with Gasteiger partial charge in [0.05, 0.1) is 12.3 Å². The molecular formula is C20H22N2O4S. The fourth-order valence-corrected chi connectivity index (χ4v) is 3.94. The van der Waals surface area contributed by atoms with E-state index in [1.54, 1.807) is 35.0 Å². The number of benzene rings is 1. The summed E-state index contributed by atoms with van der Waals surface area (Å²) in [5.74, 6) is -0.652. The number of ether oxygens (including phenoxy) is 2. The number of anilines is 1. The van der Waals surface area contributed by atoms with Crippen molar-refractivity contribution in [3.63, 3.8) is 0 Å². The number of hydrogen-bond acceptors (Lipinski definition) is 6. The molecule has 6 nitrogen and oxygen atoms in total. The number of hydrogen-bond donors (Lipinski definition) is 0. The summed E-state index contributed by atoms with van der Waals surface area (Å²) in [6, 6.07) is 11.0. The van der Waals surface area contributed by atoms with Crippen molar-refractivity contribution in [1.29, 1.82) is 0 Å². The molecule has 0 N–H and O–H groups in total. The van der Waals surface area contributed by atoms with Gasteiger partial charge in [0.15, 0.2) is 6.61 Å². The van der Waals surface area contributed by atoms with E-state index < -0.39 is 5.97 Å². The van der Waals surface area contributed by atoms with Crippen molar-refractivity contribution >= 4 is 29.3 Å². The number of thioether (sulfide) groups is 1. The normalized spacial score (nSPS) is 16.2. The number of esters is 1. The number of fused-ring (bicyclic) bond motifs is 1. The molecule has 0 fully saturated rings. The number of aromatic nitrogens is 1. The lowest BCUT2D eigenvalue weighted by Crippen LogP contribution is -2.35. The molecule has 27 heavy (non-hydrogen) atoms. The molecule has 0 radical (unpaired) electrons. The first-order chi connectivity index (χ1) is 13.1. The van der Waals surface area contributed by atoms with Crippen LogP contribution < -0.4 is 9.64 Å².